The van der Waals surface area contributed by atoms with Gasteiger partial charge in [0.15, 0.2) is 11.6 Å². The Balaban J connectivity index is 0.000000142. The number of rotatable bonds is 12. The summed E-state index contributed by atoms with van der Waals surface area (Å²) in [5.41, 5.74) is 23.2. The van der Waals surface area contributed by atoms with Crippen LogP contribution in [0.2, 0.25) is 0 Å². The molecular weight excluding hydrogens is 1600 g/mol. The Morgan fingerprint density at radius 3 is 0.727 bits per heavy atom. The van der Waals surface area contributed by atoms with Crippen molar-refractivity contribution < 1.29 is 0 Å². The Bertz CT molecular complexity index is 9090. The zero-order valence-electron chi connectivity index (χ0n) is 71.7. The first-order chi connectivity index (χ1) is 65.4. The van der Waals surface area contributed by atoms with E-state index in [1.807, 2.05) is 24.5 Å². The summed E-state index contributed by atoms with van der Waals surface area (Å²) >= 11 is 0. The summed E-state index contributed by atoms with van der Waals surface area (Å²) in [6.07, 6.45) is 7.39. The van der Waals surface area contributed by atoms with E-state index in [0.29, 0.717) is 11.6 Å². The third kappa shape index (κ3) is 13.6. The predicted molar refractivity (Wildman–Crippen MR) is 555 cm³/mol. The van der Waals surface area contributed by atoms with Crippen molar-refractivity contribution in [2.24, 2.45) is 0 Å². The minimum absolute atomic E-state index is 0.668. The van der Waals surface area contributed by atoms with Crippen LogP contribution in [0, 0.1) is 0 Å². The van der Waals surface area contributed by atoms with Crippen LogP contribution in [0.4, 0.5) is 0 Å². The van der Waals surface area contributed by atoms with Crippen molar-refractivity contribution in [1.29, 1.82) is 0 Å². The quantitative estimate of drug-likeness (QED) is 0.113. The molecule has 0 aliphatic rings. The molecule has 0 atom stereocenters. The van der Waals surface area contributed by atoms with Gasteiger partial charge in [-0.2, -0.15) is 0 Å². The van der Waals surface area contributed by atoms with Gasteiger partial charge in [0.05, 0.1) is 22.8 Å². The highest BCUT2D eigenvalue weighted by Crippen LogP contribution is 2.48. The van der Waals surface area contributed by atoms with E-state index in [9.17, 15) is 0 Å². The molecule has 26 rings (SSSR count). The lowest BCUT2D eigenvalue weighted by Gasteiger charge is -2.16. The lowest BCUT2D eigenvalue weighted by molar-refractivity contribution is 1.18. The van der Waals surface area contributed by atoms with Gasteiger partial charge in [0.1, 0.15) is 0 Å². The van der Waals surface area contributed by atoms with Gasteiger partial charge in [0.25, 0.3) is 0 Å². The fourth-order valence-corrected chi connectivity index (χ4v) is 20.3. The molecule has 0 aliphatic heterocycles. The van der Waals surface area contributed by atoms with E-state index >= 15 is 0 Å². The number of benzene rings is 22. The van der Waals surface area contributed by atoms with E-state index in [2.05, 4.69) is 447 Å². The Kier molecular flexibility index (Phi) is 18.8. The van der Waals surface area contributed by atoms with Gasteiger partial charge in [0.2, 0.25) is 0 Å². The molecule has 0 N–H and O–H groups in total. The van der Waals surface area contributed by atoms with Crippen LogP contribution < -0.4 is 0 Å². The second kappa shape index (κ2) is 32.4. The van der Waals surface area contributed by atoms with Crippen LogP contribution in [0.25, 0.3) is 264 Å². The molecule has 0 bridgehead atoms. The maximum absolute atomic E-state index is 5.29. The van der Waals surface area contributed by atoms with Gasteiger partial charge in [-0.3, -0.25) is 9.97 Å². The molecular formula is C126H78N6. The second-order valence-corrected chi connectivity index (χ2v) is 34.2. The summed E-state index contributed by atoms with van der Waals surface area (Å²) in [7, 11) is 0. The Hall–Kier alpha value is -17.6. The topological polar surface area (TPSA) is 77.3 Å². The lowest BCUT2D eigenvalue weighted by Crippen LogP contribution is -1.96. The van der Waals surface area contributed by atoms with Crippen molar-refractivity contribution in [3.05, 3.63) is 474 Å². The van der Waals surface area contributed by atoms with E-state index in [0.717, 1.165) is 95.1 Å². The first kappa shape index (κ1) is 76.8. The number of aromatic nitrogens is 6. The highest BCUT2D eigenvalue weighted by atomic mass is 14.9. The Morgan fingerprint density at radius 2 is 0.371 bits per heavy atom. The summed E-state index contributed by atoms with van der Waals surface area (Å²) in [4.78, 5) is 29.8. The molecule has 0 spiro atoms. The number of fused-ring (bicyclic) bond motifs is 22. The highest BCUT2D eigenvalue weighted by molar-refractivity contribution is 6.35. The maximum Gasteiger partial charge on any atom is 0.160 e. The first-order valence-corrected chi connectivity index (χ1v) is 45.0. The zero-order chi connectivity index (χ0) is 87.1. The zero-order valence-corrected chi connectivity index (χ0v) is 71.7. The minimum Gasteiger partial charge on any atom is -0.264 e. The second-order valence-electron chi connectivity index (χ2n) is 34.2. The fraction of sp³-hybridized carbons (Fsp3) is 0. The molecule has 0 saturated heterocycles. The van der Waals surface area contributed by atoms with Crippen molar-refractivity contribution in [3.63, 3.8) is 0 Å². The molecule has 6 nitrogen and oxygen atoms in total. The molecule has 0 unspecified atom stereocenters. The monoisotopic (exact) mass is 1670 g/mol. The minimum atomic E-state index is 0.668. The fourth-order valence-electron chi connectivity index (χ4n) is 20.3. The van der Waals surface area contributed by atoms with Crippen LogP contribution in [-0.2, 0) is 0 Å². The normalized spacial score (nSPS) is 11.6. The molecule has 0 saturated carbocycles. The van der Waals surface area contributed by atoms with E-state index in [-0.39, 0.29) is 0 Å². The molecule has 22 aromatic carbocycles. The third-order valence-electron chi connectivity index (χ3n) is 26.7. The molecule has 4 aromatic heterocycles. The number of hydrogen-bond donors (Lipinski definition) is 0. The molecule has 0 radical (unpaired) electrons. The standard InChI is InChI=1S/2C63H39N3/c1-2-17-48-45(13-1)36-57(52-21-5-3-18-49(48)52)40-26-30-42(31-27-40)60-38-61(66-63(65-60)46-15-11-14-44(35-46)47-16-12-34-64-39-47)43-32-28-41(29-33-43)58-37-59-53-22-6-4-19-50(53)51-20-7-9-24-55(51)62(59)56-25-10-8-23-54(56)58;1-2-14-48-46(12-1)36-57(52-18-5-3-15-49(48)52)41-25-29-43(30-26-41)60-38-61(66-63(65-60)45-33-23-40(24-34-45)47-13-11-35-64-39-47)44-31-27-42(28-32-44)58-37-59-53-19-6-4-16-50(53)51-17-7-9-21-55(51)62(59)56-22-10-8-20-54(56)58/h2*1-39H. The number of nitrogens with zero attached hydrogens (tertiary/aromatic N) is 6. The van der Waals surface area contributed by atoms with Gasteiger partial charge in [0, 0.05) is 63.7 Å². The Morgan fingerprint density at radius 1 is 0.129 bits per heavy atom. The van der Waals surface area contributed by atoms with E-state index in [1.165, 1.54) is 157 Å². The van der Waals surface area contributed by atoms with Crippen LogP contribution >= 0.6 is 0 Å². The van der Waals surface area contributed by atoms with Crippen LogP contribution in [0.1, 0.15) is 0 Å². The van der Waals surface area contributed by atoms with Gasteiger partial charge in [-0.15, -0.1) is 0 Å². The summed E-state index contributed by atoms with van der Waals surface area (Å²) in [5, 5.41) is 30.3. The number of hydrogen-bond acceptors (Lipinski definition) is 6. The largest absolute Gasteiger partial charge is 0.264 e. The van der Waals surface area contributed by atoms with Gasteiger partial charge < -0.3 is 0 Å². The molecule has 132 heavy (non-hydrogen) atoms. The molecule has 4 heterocycles. The average Bonchev–Trinajstić information content (AvgIpc) is 0.724. The molecule has 6 heteroatoms. The van der Waals surface area contributed by atoms with Crippen LogP contribution in [0.15, 0.2) is 474 Å². The molecule has 0 aliphatic carbocycles. The Labute approximate surface area is 762 Å². The van der Waals surface area contributed by atoms with Gasteiger partial charge in [-0.25, -0.2) is 19.9 Å². The van der Waals surface area contributed by atoms with Crippen LogP contribution in [-0.4, -0.2) is 29.9 Å². The molecule has 0 fully saturated rings. The third-order valence-corrected chi connectivity index (χ3v) is 26.7. The van der Waals surface area contributed by atoms with Crippen molar-refractivity contribution in [2.75, 3.05) is 0 Å². The average molecular weight is 1680 g/mol. The van der Waals surface area contributed by atoms with Crippen molar-refractivity contribution in [3.8, 4) is 135 Å². The van der Waals surface area contributed by atoms with Crippen LogP contribution in [0.3, 0.4) is 0 Å². The predicted octanol–water partition coefficient (Wildman–Crippen LogP) is 33.6. The molecule has 612 valence electrons. The summed E-state index contributed by atoms with van der Waals surface area (Å²) in [6, 6.07) is 162. The molecule has 0 amide bonds. The van der Waals surface area contributed by atoms with Gasteiger partial charge >= 0.3 is 0 Å². The van der Waals surface area contributed by atoms with Gasteiger partial charge in [-0.1, -0.05) is 394 Å². The number of pyridine rings is 2. The maximum atomic E-state index is 5.29. The van der Waals surface area contributed by atoms with E-state index in [1.54, 1.807) is 12.4 Å². The summed E-state index contributed by atoms with van der Waals surface area (Å²) < 4.78 is 0. The molecule has 26 aromatic rings. The van der Waals surface area contributed by atoms with E-state index < -0.39 is 0 Å². The van der Waals surface area contributed by atoms with Crippen molar-refractivity contribution >= 4 is 129 Å². The van der Waals surface area contributed by atoms with Crippen molar-refractivity contribution in [2.45, 2.75) is 0 Å². The summed E-state index contributed by atoms with van der Waals surface area (Å²) in [6.45, 7) is 0. The van der Waals surface area contributed by atoms with Gasteiger partial charge in [-0.05, 0) is 245 Å². The van der Waals surface area contributed by atoms with Crippen molar-refractivity contribution in [1.82, 2.24) is 29.9 Å². The summed E-state index contributed by atoms with van der Waals surface area (Å²) in [5.74, 6) is 1.34. The van der Waals surface area contributed by atoms with Crippen LogP contribution in [0.5, 0.6) is 0 Å². The smallest absolute Gasteiger partial charge is 0.160 e. The first-order valence-electron chi connectivity index (χ1n) is 45.0. The lowest BCUT2D eigenvalue weighted by atomic mass is 9.87. The SMILES string of the molecule is c1cncc(-c2ccc(-c3nc(-c4ccc(-c5cc6ccccc6c6ccccc56)cc4)cc(-c4ccc(-c5cc6c7ccccc7c7ccccc7c6c6ccccc56)cc4)n3)cc2)c1.c1cncc(-c2cccc(-c3nc(-c4ccc(-c5cc6ccccc6c6ccccc56)cc4)cc(-c4ccc(-c5cc6c7ccccc7c7ccccc7c6c6ccccc56)cc4)n3)c2)c1. The van der Waals surface area contributed by atoms with E-state index in [4.69, 9.17) is 19.9 Å². The highest BCUT2D eigenvalue weighted by Gasteiger charge is 2.22.